The molecule has 28 heavy (non-hydrogen) atoms. The second kappa shape index (κ2) is 6.94. The average Bonchev–Trinajstić information content (AvgIpc) is 3.34. The van der Waals surface area contributed by atoms with Crippen LogP contribution >= 0.6 is 0 Å². The number of nitrogens with zero attached hydrogens (tertiary/aromatic N) is 1. The van der Waals surface area contributed by atoms with Crippen molar-refractivity contribution in [1.29, 1.82) is 0 Å². The Kier molecular flexibility index (Phi) is 4.66. The number of hydrogen-bond acceptors (Lipinski definition) is 5. The van der Waals surface area contributed by atoms with Gasteiger partial charge in [0.25, 0.3) is 0 Å². The molecule has 4 aliphatic carbocycles. The molecule has 5 heteroatoms. The lowest BCUT2D eigenvalue weighted by atomic mass is 9.47. The van der Waals surface area contributed by atoms with E-state index in [1.807, 2.05) is 0 Å². The van der Waals surface area contributed by atoms with Gasteiger partial charge < -0.3 is 15.3 Å². The van der Waals surface area contributed by atoms with Gasteiger partial charge in [0.05, 0.1) is 12.3 Å². The molecule has 0 radical (unpaired) electrons. The lowest BCUT2D eigenvalue weighted by Gasteiger charge is -2.57. The van der Waals surface area contributed by atoms with E-state index in [-0.39, 0.29) is 23.5 Å². The highest BCUT2D eigenvalue weighted by molar-refractivity contribution is 5.96. The van der Waals surface area contributed by atoms with Crippen molar-refractivity contribution >= 4 is 11.5 Å². The molecule has 6 unspecified atom stereocenters. The number of rotatable bonds is 3. The maximum atomic E-state index is 12.6. The fraction of sp³-hybridized carbons (Fsp3) is 0.826. The predicted molar refractivity (Wildman–Crippen MR) is 108 cm³/mol. The molecular formula is C23H34N2O3. The summed E-state index contributed by atoms with van der Waals surface area (Å²) < 4.78 is 0. The minimum atomic E-state index is -0.0938. The van der Waals surface area contributed by atoms with Crippen molar-refractivity contribution in [2.45, 2.75) is 70.8 Å². The summed E-state index contributed by atoms with van der Waals surface area (Å²) in [7, 11) is 0. The van der Waals surface area contributed by atoms with E-state index in [0.717, 1.165) is 76.6 Å². The molecule has 154 valence electrons. The summed E-state index contributed by atoms with van der Waals surface area (Å²) >= 11 is 0. The molecule has 0 aromatic rings. The van der Waals surface area contributed by atoms with Gasteiger partial charge in [0.2, 0.25) is 0 Å². The van der Waals surface area contributed by atoms with E-state index in [1.54, 1.807) is 0 Å². The summed E-state index contributed by atoms with van der Waals surface area (Å²) in [5, 5.41) is 18.4. The van der Waals surface area contributed by atoms with Crippen molar-refractivity contribution in [3.05, 3.63) is 11.6 Å². The van der Waals surface area contributed by atoms with Gasteiger partial charge in [0, 0.05) is 30.2 Å². The number of carbonyl (C=O) groups excluding carboxylic acids is 1. The van der Waals surface area contributed by atoms with Crippen molar-refractivity contribution in [2.75, 3.05) is 19.7 Å². The number of aliphatic hydroxyl groups excluding tert-OH is 1. The van der Waals surface area contributed by atoms with E-state index >= 15 is 0 Å². The molecule has 6 atom stereocenters. The Morgan fingerprint density at radius 2 is 2.07 bits per heavy atom. The molecule has 0 aromatic heterocycles. The molecule has 1 saturated heterocycles. The van der Waals surface area contributed by atoms with E-state index < -0.39 is 0 Å². The first-order valence-electron chi connectivity index (χ1n) is 11.4. The number of allylic oxidation sites excluding steroid dienone is 1. The summed E-state index contributed by atoms with van der Waals surface area (Å²) in [6, 6.07) is 0. The first kappa shape index (κ1) is 18.8. The van der Waals surface area contributed by atoms with Crippen LogP contribution in [0.3, 0.4) is 0 Å². The van der Waals surface area contributed by atoms with Gasteiger partial charge in [-0.25, -0.2) is 0 Å². The van der Waals surface area contributed by atoms with Gasteiger partial charge in [0.1, 0.15) is 11.9 Å². The Balaban J connectivity index is 1.39. The van der Waals surface area contributed by atoms with Gasteiger partial charge in [-0.2, -0.15) is 0 Å². The molecule has 5 nitrogen and oxygen atoms in total. The van der Waals surface area contributed by atoms with Gasteiger partial charge >= 0.3 is 0 Å². The molecule has 0 aromatic carbocycles. The Bertz CT molecular complexity index is 711. The molecule has 0 amide bonds. The average molecular weight is 387 g/mol. The molecule has 3 saturated carbocycles. The SMILES string of the molecule is CC12CCC3C(CCC4=CC(=NOC5CCNC5)CCC43CO)C1CCC2=O. The minimum Gasteiger partial charge on any atom is -0.395 e. The smallest absolute Gasteiger partial charge is 0.141 e. The standard InChI is InChI=1S/C23H34N2O3/c1-22-9-7-20-18(19(22)4-5-21(22)27)3-2-15-12-16(6-10-23(15,20)14-26)25-28-17-8-11-24-13-17/h12,17-20,24,26H,2-11,13-14H2,1H3. The van der Waals surface area contributed by atoms with Gasteiger partial charge in [-0.3, -0.25) is 4.79 Å². The number of carbonyl (C=O) groups is 1. The van der Waals surface area contributed by atoms with Crippen LogP contribution in [0, 0.1) is 28.6 Å². The molecule has 0 bridgehead atoms. The van der Waals surface area contributed by atoms with E-state index in [2.05, 4.69) is 23.5 Å². The van der Waals surface area contributed by atoms with Gasteiger partial charge in [-0.05, 0) is 75.3 Å². The number of ketones is 1. The number of nitrogens with one attached hydrogen (secondary N) is 1. The van der Waals surface area contributed by atoms with Crippen LogP contribution in [0.15, 0.2) is 16.8 Å². The highest BCUT2D eigenvalue weighted by atomic mass is 16.6. The number of aliphatic hydroxyl groups is 1. The lowest BCUT2D eigenvalue weighted by Crippen LogP contribution is -2.53. The van der Waals surface area contributed by atoms with Crippen LogP contribution in [-0.4, -0.2) is 42.4 Å². The summed E-state index contributed by atoms with van der Waals surface area (Å²) in [4.78, 5) is 18.3. The van der Waals surface area contributed by atoms with Crippen LogP contribution in [0.5, 0.6) is 0 Å². The zero-order valence-corrected chi connectivity index (χ0v) is 17.1. The molecule has 5 aliphatic rings. The van der Waals surface area contributed by atoms with Crippen molar-refractivity contribution < 1.29 is 14.7 Å². The monoisotopic (exact) mass is 386 g/mol. The van der Waals surface area contributed by atoms with Crippen molar-refractivity contribution in [1.82, 2.24) is 5.32 Å². The third-order valence-corrected chi connectivity index (χ3v) is 9.03. The van der Waals surface area contributed by atoms with Crippen LogP contribution in [0.4, 0.5) is 0 Å². The molecular weight excluding hydrogens is 352 g/mol. The number of oxime groups is 1. The highest BCUT2D eigenvalue weighted by Crippen LogP contribution is 2.64. The van der Waals surface area contributed by atoms with E-state index in [1.165, 1.54) is 5.57 Å². The number of Topliss-reactive ketones (excluding diaryl/α,β-unsaturated/α-hetero) is 1. The lowest BCUT2D eigenvalue weighted by molar-refractivity contribution is -0.133. The molecule has 5 rings (SSSR count). The van der Waals surface area contributed by atoms with Gasteiger partial charge in [-0.1, -0.05) is 17.7 Å². The third-order valence-electron chi connectivity index (χ3n) is 9.03. The summed E-state index contributed by atoms with van der Waals surface area (Å²) in [6.45, 7) is 4.35. The Morgan fingerprint density at radius 1 is 1.18 bits per heavy atom. The quantitative estimate of drug-likeness (QED) is 0.731. The number of hydrogen-bond donors (Lipinski definition) is 2. The van der Waals surface area contributed by atoms with Crippen LogP contribution in [0.25, 0.3) is 0 Å². The zero-order chi connectivity index (χ0) is 19.4. The van der Waals surface area contributed by atoms with Crippen LogP contribution in [0.2, 0.25) is 0 Å². The summed E-state index contributed by atoms with van der Waals surface area (Å²) in [6.07, 6.45) is 11.4. The Morgan fingerprint density at radius 3 is 2.86 bits per heavy atom. The van der Waals surface area contributed by atoms with Crippen molar-refractivity contribution in [3.63, 3.8) is 0 Å². The number of fused-ring (bicyclic) bond motifs is 5. The fourth-order valence-electron chi connectivity index (χ4n) is 7.37. The summed E-state index contributed by atoms with van der Waals surface area (Å²) in [5.74, 6) is 2.13. The maximum absolute atomic E-state index is 12.6. The first-order chi connectivity index (χ1) is 13.6. The van der Waals surface area contributed by atoms with Gasteiger partial charge in [-0.15, -0.1) is 0 Å². The topological polar surface area (TPSA) is 70.9 Å². The zero-order valence-electron chi connectivity index (χ0n) is 17.1. The van der Waals surface area contributed by atoms with Crippen LogP contribution < -0.4 is 5.32 Å². The van der Waals surface area contributed by atoms with E-state index in [9.17, 15) is 9.90 Å². The fourth-order valence-corrected chi connectivity index (χ4v) is 7.37. The van der Waals surface area contributed by atoms with Crippen molar-refractivity contribution in [3.8, 4) is 0 Å². The minimum absolute atomic E-state index is 0.0934. The van der Waals surface area contributed by atoms with Crippen LogP contribution in [0.1, 0.15) is 64.7 Å². The van der Waals surface area contributed by atoms with E-state index in [4.69, 9.17) is 4.84 Å². The van der Waals surface area contributed by atoms with Crippen molar-refractivity contribution in [2.24, 2.45) is 33.7 Å². The second-order valence-corrected chi connectivity index (χ2v) is 10.1. The molecule has 4 fully saturated rings. The highest BCUT2D eigenvalue weighted by Gasteiger charge is 2.59. The first-order valence-corrected chi connectivity index (χ1v) is 11.4. The van der Waals surface area contributed by atoms with Gasteiger partial charge in [0.15, 0.2) is 0 Å². The third kappa shape index (κ3) is 2.72. The van der Waals surface area contributed by atoms with Crippen LogP contribution in [-0.2, 0) is 9.63 Å². The maximum Gasteiger partial charge on any atom is 0.141 e. The molecule has 0 spiro atoms. The normalized spacial score (nSPS) is 46.7. The molecule has 1 aliphatic heterocycles. The Hall–Kier alpha value is -1.20. The Labute approximate surface area is 168 Å². The largest absolute Gasteiger partial charge is 0.395 e. The predicted octanol–water partition coefficient (Wildman–Crippen LogP) is 3.23. The second-order valence-electron chi connectivity index (χ2n) is 10.1. The molecule has 1 heterocycles. The van der Waals surface area contributed by atoms with E-state index in [0.29, 0.717) is 23.5 Å². The molecule has 2 N–H and O–H groups in total. The summed E-state index contributed by atoms with van der Waals surface area (Å²) in [5.41, 5.74) is 2.25.